The summed E-state index contributed by atoms with van der Waals surface area (Å²) >= 11 is 0. The molecule has 0 saturated carbocycles. The quantitative estimate of drug-likeness (QED) is 0.458. The molecule has 0 aliphatic heterocycles. The van der Waals surface area contributed by atoms with Crippen LogP contribution in [0.25, 0.3) is 21.9 Å². The van der Waals surface area contributed by atoms with Gasteiger partial charge in [0.25, 0.3) is 5.56 Å². The summed E-state index contributed by atoms with van der Waals surface area (Å²) in [6.45, 7) is 0. The van der Waals surface area contributed by atoms with Crippen molar-refractivity contribution in [3.8, 4) is 11.5 Å². The molecule has 0 spiro atoms. The van der Waals surface area contributed by atoms with Gasteiger partial charge in [-0.15, -0.1) is 0 Å². The second-order valence-corrected chi connectivity index (χ2v) is 4.13. The zero-order valence-corrected chi connectivity index (χ0v) is 10.3. The molecule has 2 heterocycles. The van der Waals surface area contributed by atoms with Crippen LogP contribution in [-0.2, 0) is 4.74 Å². The SMILES string of the molecule is COC(=O)c1c(O)c(O)cc2oc3cc[nH]c(=O)c3c12. The topological polar surface area (TPSA) is 113 Å². The van der Waals surface area contributed by atoms with Crippen LogP contribution in [0.1, 0.15) is 10.4 Å². The number of methoxy groups -OCH3 is 1. The summed E-state index contributed by atoms with van der Waals surface area (Å²) in [6.07, 6.45) is 1.39. The molecule has 102 valence electrons. The van der Waals surface area contributed by atoms with Crippen LogP contribution in [0.15, 0.2) is 27.5 Å². The molecule has 1 aromatic carbocycles. The highest BCUT2D eigenvalue weighted by molar-refractivity contribution is 6.17. The zero-order chi connectivity index (χ0) is 14.4. The lowest BCUT2D eigenvalue weighted by atomic mass is 10.1. The lowest BCUT2D eigenvalue weighted by molar-refractivity contribution is 0.0599. The lowest BCUT2D eigenvalue weighted by Crippen LogP contribution is -2.06. The molecule has 0 atom stereocenters. The van der Waals surface area contributed by atoms with Crippen LogP contribution in [-0.4, -0.2) is 28.3 Å². The van der Waals surface area contributed by atoms with Crippen molar-refractivity contribution in [2.75, 3.05) is 7.11 Å². The van der Waals surface area contributed by atoms with E-state index < -0.39 is 23.0 Å². The molecule has 0 radical (unpaired) electrons. The normalized spacial score (nSPS) is 11.1. The maximum absolute atomic E-state index is 11.9. The van der Waals surface area contributed by atoms with Crippen LogP contribution in [0.3, 0.4) is 0 Å². The number of esters is 1. The number of rotatable bonds is 1. The fourth-order valence-electron chi connectivity index (χ4n) is 2.16. The summed E-state index contributed by atoms with van der Waals surface area (Å²) in [5.41, 5.74) is -0.444. The van der Waals surface area contributed by atoms with E-state index in [4.69, 9.17) is 4.42 Å². The van der Waals surface area contributed by atoms with Gasteiger partial charge in [0.05, 0.1) is 17.9 Å². The summed E-state index contributed by atoms with van der Waals surface area (Å²) in [5, 5.41) is 19.7. The molecule has 0 aliphatic rings. The second-order valence-electron chi connectivity index (χ2n) is 4.13. The summed E-state index contributed by atoms with van der Waals surface area (Å²) in [6, 6.07) is 2.64. The smallest absolute Gasteiger partial charge is 0.342 e. The first-order valence-electron chi connectivity index (χ1n) is 5.61. The number of nitrogens with one attached hydrogen (secondary N) is 1. The van der Waals surface area contributed by atoms with E-state index in [1.165, 1.54) is 12.3 Å². The van der Waals surface area contributed by atoms with Crippen molar-refractivity contribution < 1.29 is 24.2 Å². The minimum absolute atomic E-state index is 0.101. The Bertz CT molecular complexity index is 904. The number of aromatic nitrogens is 1. The largest absolute Gasteiger partial charge is 0.504 e. The van der Waals surface area contributed by atoms with Crippen LogP contribution < -0.4 is 5.56 Å². The van der Waals surface area contributed by atoms with Crippen molar-refractivity contribution in [1.29, 1.82) is 0 Å². The van der Waals surface area contributed by atoms with Crippen molar-refractivity contribution in [1.82, 2.24) is 4.98 Å². The van der Waals surface area contributed by atoms with E-state index >= 15 is 0 Å². The maximum Gasteiger partial charge on any atom is 0.342 e. The van der Waals surface area contributed by atoms with Crippen LogP contribution in [0.4, 0.5) is 0 Å². The van der Waals surface area contributed by atoms with E-state index in [9.17, 15) is 19.8 Å². The highest BCUT2D eigenvalue weighted by atomic mass is 16.5. The van der Waals surface area contributed by atoms with Gasteiger partial charge in [-0.3, -0.25) is 4.79 Å². The second kappa shape index (κ2) is 4.02. The summed E-state index contributed by atoms with van der Waals surface area (Å²) < 4.78 is 9.98. The molecular weight excluding hydrogens is 266 g/mol. The number of hydrogen-bond donors (Lipinski definition) is 3. The van der Waals surface area contributed by atoms with Gasteiger partial charge in [-0.05, 0) is 6.07 Å². The van der Waals surface area contributed by atoms with Crippen molar-refractivity contribution in [2.24, 2.45) is 0 Å². The number of phenolic OH excluding ortho intramolecular Hbond substituents is 2. The summed E-state index contributed by atoms with van der Waals surface area (Å²) in [5.74, 6) is -2.07. The van der Waals surface area contributed by atoms with Crippen molar-refractivity contribution >= 4 is 27.9 Å². The third kappa shape index (κ3) is 1.46. The molecule has 7 heteroatoms. The fourth-order valence-corrected chi connectivity index (χ4v) is 2.16. The third-order valence-corrected chi connectivity index (χ3v) is 3.03. The Balaban J connectivity index is 2.63. The van der Waals surface area contributed by atoms with E-state index in [0.717, 1.165) is 13.2 Å². The predicted octanol–water partition coefficient (Wildman–Crippen LogP) is 1.47. The van der Waals surface area contributed by atoms with E-state index in [0.29, 0.717) is 0 Å². The third-order valence-electron chi connectivity index (χ3n) is 3.03. The van der Waals surface area contributed by atoms with Crippen molar-refractivity contribution in [3.63, 3.8) is 0 Å². The lowest BCUT2D eigenvalue weighted by Gasteiger charge is -2.05. The number of aromatic hydroxyl groups is 2. The molecule has 0 fully saturated rings. The Morgan fingerprint density at radius 2 is 2.05 bits per heavy atom. The first-order valence-corrected chi connectivity index (χ1v) is 5.61. The number of pyridine rings is 1. The van der Waals surface area contributed by atoms with Gasteiger partial charge in [0.2, 0.25) is 0 Å². The predicted molar refractivity (Wildman–Crippen MR) is 69.0 cm³/mol. The Labute approximate surface area is 111 Å². The molecule has 0 amide bonds. The Morgan fingerprint density at radius 1 is 1.30 bits per heavy atom. The van der Waals surface area contributed by atoms with Crippen LogP contribution in [0.5, 0.6) is 11.5 Å². The maximum atomic E-state index is 11.9. The molecule has 7 nitrogen and oxygen atoms in total. The van der Waals surface area contributed by atoms with Gasteiger partial charge in [-0.1, -0.05) is 0 Å². The van der Waals surface area contributed by atoms with E-state index in [2.05, 4.69) is 9.72 Å². The molecule has 0 unspecified atom stereocenters. The van der Waals surface area contributed by atoms with Gasteiger partial charge in [0, 0.05) is 12.3 Å². The number of carbonyl (C=O) groups is 1. The minimum Gasteiger partial charge on any atom is -0.504 e. The van der Waals surface area contributed by atoms with Crippen molar-refractivity contribution in [2.45, 2.75) is 0 Å². The molecular formula is C13H9NO6. The number of furan rings is 1. The Hall–Kier alpha value is -2.96. The number of hydrogen-bond acceptors (Lipinski definition) is 6. The minimum atomic E-state index is -0.880. The Morgan fingerprint density at radius 3 is 2.75 bits per heavy atom. The number of benzene rings is 1. The molecule has 20 heavy (non-hydrogen) atoms. The van der Waals surface area contributed by atoms with Gasteiger partial charge >= 0.3 is 5.97 Å². The monoisotopic (exact) mass is 275 g/mol. The van der Waals surface area contributed by atoms with Gasteiger partial charge in [-0.2, -0.15) is 0 Å². The van der Waals surface area contributed by atoms with E-state index in [-0.39, 0.29) is 27.5 Å². The van der Waals surface area contributed by atoms with Crippen molar-refractivity contribution in [3.05, 3.63) is 34.2 Å². The summed E-state index contributed by atoms with van der Waals surface area (Å²) in [7, 11) is 1.13. The van der Waals surface area contributed by atoms with Crippen LogP contribution in [0.2, 0.25) is 0 Å². The average molecular weight is 275 g/mol. The molecule has 3 rings (SSSR count). The van der Waals surface area contributed by atoms with Gasteiger partial charge < -0.3 is 24.4 Å². The molecule has 2 aromatic heterocycles. The highest BCUT2D eigenvalue weighted by Crippen LogP contribution is 2.40. The number of fused-ring (bicyclic) bond motifs is 3. The number of H-pyrrole nitrogens is 1. The summed E-state index contributed by atoms with van der Waals surface area (Å²) in [4.78, 5) is 26.2. The number of carbonyl (C=O) groups excluding carboxylic acids is 1. The standard InChI is InChI=1S/C13H9NO6/c1-19-13(18)10-8-7(4-5(15)11(10)16)20-6-2-3-14-12(17)9(6)8/h2-4,15-16H,1H3,(H,14,17). The number of phenols is 2. The highest BCUT2D eigenvalue weighted by Gasteiger charge is 2.25. The molecule has 3 aromatic rings. The van der Waals surface area contributed by atoms with E-state index in [1.807, 2.05) is 0 Å². The Kier molecular flexibility index (Phi) is 2.43. The first kappa shape index (κ1) is 12.1. The molecule has 0 aliphatic carbocycles. The number of aromatic amines is 1. The molecule has 0 bridgehead atoms. The van der Waals surface area contributed by atoms with Gasteiger partial charge in [-0.25, -0.2) is 4.79 Å². The zero-order valence-electron chi connectivity index (χ0n) is 10.3. The average Bonchev–Trinajstić information content (AvgIpc) is 2.78. The van der Waals surface area contributed by atoms with Gasteiger partial charge in [0.15, 0.2) is 11.5 Å². The van der Waals surface area contributed by atoms with Gasteiger partial charge in [0.1, 0.15) is 16.7 Å². The number of ether oxygens (including phenoxy) is 1. The van der Waals surface area contributed by atoms with Crippen LogP contribution in [0, 0.1) is 0 Å². The fraction of sp³-hybridized carbons (Fsp3) is 0.0769. The van der Waals surface area contributed by atoms with Crippen LogP contribution >= 0.6 is 0 Å². The first-order chi connectivity index (χ1) is 9.54. The van der Waals surface area contributed by atoms with E-state index in [1.54, 1.807) is 0 Å². The molecule has 3 N–H and O–H groups in total. The molecule has 0 saturated heterocycles.